The van der Waals surface area contributed by atoms with Gasteiger partial charge in [-0.3, -0.25) is 4.79 Å². The molecule has 0 atom stereocenters. The summed E-state index contributed by atoms with van der Waals surface area (Å²) in [6.45, 7) is 1.65. The van der Waals surface area contributed by atoms with E-state index in [-0.39, 0.29) is 13.0 Å². The van der Waals surface area contributed by atoms with Crippen molar-refractivity contribution in [3.63, 3.8) is 0 Å². The number of rotatable bonds is 7. The van der Waals surface area contributed by atoms with Crippen LogP contribution in [-0.4, -0.2) is 56.7 Å². The van der Waals surface area contributed by atoms with Crippen molar-refractivity contribution >= 4 is 23.2 Å². The monoisotopic (exact) mass is 428 g/mol. The molecular formula is C22H28N4O5. The predicted octanol–water partition coefficient (Wildman–Crippen LogP) is 2.35. The number of hydrogen-bond donors (Lipinski definition) is 3. The van der Waals surface area contributed by atoms with Gasteiger partial charge in [-0.15, -0.1) is 0 Å². The second-order valence-corrected chi connectivity index (χ2v) is 7.61. The number of ether oxygens (including phenoxy) is 3. The van der Waals surface area contributed by atoms with Gasteiger partial charge in [-0.1, -0.05) is 0 Å². The summed E-state index contributed by atoms with van der Waals surface area (Å²) >= 11 is 0. The molecular weight excluding hydrogens is 400 g/mol. The van der Waals surface area contributed by atoms with Crippen LogP contribution < -0.4 is 25.0 Å². The van der Waals surface area contributed by atoms with Crippen molar-refractivity contribution in [2.24, 2.45) is 10.1 Å². The van der Waals surface area contributed by atoms with E-state index in [1.165, 1.54) is 11.1 Å². The third kappa shape index (κ3) is 4.30. The van der Waals surface area contributed by atoms with E-state index in [4.69, 9.17) is 19.3 Å². The molecule has 0 unspecified atom stereocenters. The number of aliphatic imine (C=N–C) groups is 1. The van der Waals surface area contributed by atoms with Crippen molar-refractivity contribution in [1.29, 1.82) is 0 Å². The van der Waals surface area contributed by atoms with Gasteiger partial charge in [0.25, 0.3) is 0 Å². The molecule has 2 aliphatic carbocycles. The van der Waals surface area contributed by atoms with Crippen LogP contribution in [0.25, 0.3) is 5.57 Å². The van der Waals surface area contributed by atoms with Crippen LogP contribution in [0.5, 0.6) is 17.2 Å². The van der Waals surface area contributed by atoms with E-state index in [2.05, 4.69) is 20.8 Å². The summed E-state index contributed by atoms with van der Waals surface area (Å²) in [6, 6.07) is 1.96. The van der Waals surface area contributed by atoms with Crippen molar-refractivity contribution in [1.82, 2.24) is 10.7 Å². The number of aryl methyl sites for hydroxylation is 1. The molecule has 3 aliphatic rings. The molecule has 1 aliphatic heterocycles. The zero-order valence-corrected chi connectivity index (χ0v) is 17.9. The topological polar surface area (TPSA) is 114 Å². The van der Waals surface area contributed by atoms with E-state index in [9.17, 15) is 4.79 Å². The Morgan fingerprint density at radius 2 is 2.00 bits per heavy atom. The highest BCUT2D eigenvalue weighted by Gasteiger charge is 2.31. The minimum Gasteiger partial charge on any atom is -0.492 e. The second-order valence-electron chi connectivity index (χ2n) is 7.61. The predicted molar refractivity (Wildman–Crippen MR) is 117 cm³/mol. The van der Waals surface area contributed by atoms with E-state index < -0.39 is 5.97 Å². The van der Waals surface area contributed by atoms with Gasteiger partial charge in [0.1, 0.15) is 0 Å². The standard InChI is InChI=1S/C22H28N4O5/c1-29-20-17(31-11-8-18(27)28)12-13-6-7-16(25-26-22-23-9-10-24-22)14-4-3-5-15(14)19(13)21(20)30-2/h12H,3-11H2,1-2H3,(H,27,28)(H2,23,24,26). The molecule has 0 radical (unpaired) electrons. The molecule has 3 N–H and O–H groups in total. The molecule has 0 saturated heterocycles. The van der Waals surface area contributed by atoms with Gasteiger partial charge in [0.15, 0.2) is 11.5 Å². The Morgan fingerprint density at radius 1 is 1.19 bits per heavy atom. The van der Waals surface area contributed by atoms with Crippen molar-refractivity contribution in [2.45, 2.75) is 38.5 Å². The first-order chi connectivity index (χ1) is 15.1. The molecule has 166 valence electrons. The van der Waals surface area contributed by atoms with Crippen molar-refractivity contribution in [3.05, 3.63) is 22.8 Å². The summed E-state index contributed by atoms with van der Waals surface area (Å²) < 4.78 is 17.2. The van der Waals surface area contributed by atoms with Crippen LogP contribution in [0.2, 0.25) is 0 Å². The number of methoxy groups -OCH3 is 2. The number of benzene rings is 1. The van der Waals surface area contributed by atoms with E-state index in [1.54, 1.807) is 14.2 Å². The van der Waals surface area contributed by atoms with Crippen LogP contribution in [0, 0.1) is 0 Å². The Labute approximate surface area is 181 Å². The molecule has 0 aromatic heterocycles. The Bertz CT molecular complexity index is 967. The van der Waals surface area contributed by atoms with E-state index in [0.717, 1.165) is 62.0 Å². The summed E-state index contributed by atoms with van der Waals surface area (Å²) in [4.78, 5) is 15.2. The number of hydrogen-bond acceptors (Lipinski definition) is 8. The molecule has 0 amide bonds. The maximum Gasteiger partial charge on any atom is 0.306 e. The summed E-state index contributed by atoms with van der Waals surface area (Å²) in [5.74, 6) is 1.44. The Balaban J connectivity index is 1.72. The molecule has 0 fully saturated rings. The molecule has 0 spiro atoms. The third-order valence-electron chi connectivity index (χ3n) is 5.74. The number of fused-ring (bicyclic) bond motifs is 2. The van der Waals surface area contributed by atoms with Gasteiger partial charge in [0.2, 0.25) is 11.7 Å². The average molecular weight is 428 g/mol. The maximum absolute atomic E-state index is 10.9. The zero-order chi connectivity index (χ0) is 21.8. The summed E-state index contributed by atoms with van der Waals surface area (Å²) in [7, 11) is 3.20. The number of carboxylic acids is 1. The lowest BCUT2D eigenvalue weighted by Gasteiger charge is -2.20. The summed E-state index contributed by atoms with van der Waals surface area (Å²) in [6.07, 6.45) is 4.42. The lowest BCUT2D eigenvalue weighted by atomic mass is 9.95. The molecule has 4 rings (SSSR count). The van der Waals surface area contributed by atoms with E-state index in [1.807, 2.05) is 6.07 Å². The highest BCUT2D eigenvalue weighted by atomic mass is 16.5. The molecule has 31 heavy (non-hydrogen) atoms. The molecule has 1 aromatic carbocycles. The lowest BCUT2D eigenvalue weighted by Crippen LogP contribution is -2.31. The fourth-order valence-electron chi connectivity index (χ4n) is 4.40. The first kappa shape index (κ1) is 21.0. The number of nitrogens with one attached hydrogen (secondary N) is 2. The number of guanidine groups is 1. The number of carbonyl (C=O) groups is 1. The number of allylic oxidation sites excluding steroid dienone is 2. The quantitative estimate of drug-likeness (QED) is 0.571. The SMILES string of the molecule is COc1c(OCCC(=O)O)cc2c(c1OC)C1=C(CCC1)C(=NNC1=NCCN1)CC2. The van der Waals surface area contributed by atoms with Crippen molar-refractivity contribution in [2.75, 3.05) is 33.9 Å². The Hall–Kier alpha value is -3.23. The zero-order valence-electron chi connectivity index (χ0n) is 17.9. The number of nitrogens with zero attached hydrogens (tertiary/aromatic N) is 2. The van der Waals surface area contributed by atoms with Crippen LogP contribution in [0.1, 0.15) is 43.2 Å². The third-order valence-corrected chi connectivity index (χ3v) is 5.74. The van der Waals surface area contributed by atoms with E-state index in [0.29, 0.717) is 23.2 Å². The van der Waals surface area contributed by atoms with Gasteiger partial charge in [-0.2, -0.15) is 5.10 Å². The Kier molecular flexibility index (Phi) is 6.29. The average Bonchev–Trinajstić information content (AvgIpc) is 3.43. The van der Waals surface area contributed by atoms with Crippen LogP contribution >= 0.6 is 0 Å². The highest BCUT2D eigenvalue weighted by Crippen LogP contribution is 2.50. The summed E-state index contributed by atoms with van der Waals surface area (Å²) in [5, 5.41) is 16.8. The van der Waals surface area contributed by atoms with Gasteiger partial charge < -0.3 is 24.6 Å². The molecule has 1 aromatic rings. The minimum atomic E-state index is -0.906. The molecule has 9 heteroatoms. The van der Waals surface area contributed by atoms with Crippen LogP contribution in [0.3, 0.4) is 0 Å². The van der Waals surface area contributed by atoms with E-state index >= 15 is 0 Å². The maximum atomic E-state index is 10.9. The fraction of sp³-hybridized carbons (Fsp3) is 0.500. The largest absolute Gasteiger partial charge is 0.492 e. The first-order valence-corrected chi connectivity index (χ1v) is 10.6. The van der Waals surface area contributed by atoms with Gasteiger partial charge in [0, 0.05) is 12.1 Å². The van der Waals surface area contributed by atoms with Crippen LogP contribution in [-0.2, 0) is 11.2 Å². The smallest absolute Gasteiger partial charge is 0.306 e. The molecule has 0 saturated carbocycles. The van der Waals surface area contributed by atoms with Crippen molar-refractivity contribution < 1.29 is 24.1 Å². The van der Waals surface area contributed by atoms with Gasteiger partial charge in [-0.25, -0.2) is 10.4 Å². The first-order valence-electron chi connectivity index (χ1n) is 10.6. The van der Waals surface area contributed by atoms with Gasteiger partial charge >= 0.3 is 5.97 Å². The minimum absolute atomic E-state index is 0.0628. The normalized spacial score (nSPS) is 18.6. The number of hydrazone groups is 1. The molecule has 9 nitrogen and oxygen atoms in total. The number of carboxylic acid groups (broad SMARTS) is 1. The van der Waals surface area contributed by atoms with Crippen LogP contribution in [0.4, 0.5) is 0 Å². The lowest BCUT2D eigenvalue weighted by molar-refractivity contribution is -0.137. The van der Waals surface area contributed by atoms with Crippen LogP contribution in [0.15, 0.2) is 21.7 Å². The highest BCUT2D eigenvalue weighted by molar-refractivity contribution is 6.09. The Morgan fingerprint density at radius 3 is 2.71 bits per heavy atom. The molecule has 1 heterocycles. The molecule has 0 bridgehead atoms. The second kappa shape index (κ2) is 9.28. The fourth-order valence-corrected chi connectivity index (χ4v) is 4.40. The van der Waals surface area contributed by atoms with Gasteiger partial charge in [0.05, 0.1) is 39.5 Å². The van der Waals surface area contributed by atoms with Crippen molar-refractivity contribution in [3.8, 4) is 17.2 Å². The summed E-state index contributed by atoms with van der Waals surface area (Å²) in [5.41, 5.74) is 8.76. The number of aliphatic carboxylic acids is 1. The van der Waals surface area contributed by atoms with Gasteiger partial charge in [-0.05, 0) is 54.9 Å².